The van der Waals surface area contributed by atoms with Gasteiger partial charge in [-0.15, -0.1) is 0 Å². The quantitative estimate of drug-likeness (QED) is 0.526. The Hall–Kier alpha value is -3.07. The van der Waals surface area contributed by atoms with Gasteiger partial charge in [0.05, 0.1) is 12.2 Å². The van der Waals surface area contributed by atoms with Gasteiger partial charge >= 0.3 is 0 Å². The van der Waals surface area contributed by atoms with Crippen molar-refractivity contribution < 1.29 is 23.6 Å². The maximum atomic E-state index is 13.6. The number of hydrogen-bond acceptors (Lipinski definition) is 6. The van der Waals surface area contributed by atoms with Gasteiger partial charge in [-0.1, -0.05) is 37.5 Å². The fraction of sp³-hybridized carbons (Fsp3) is 0.586. The molecule has 0 fully saturated rings. The van der Waals surface area contributed by atoms with E-state index in [9.17, 15) is 14.4 Å². The average Bonchev–Trinajstić information content (AvgIpc) is 3.37. The smallest absolute Gasteiger partial charge is 0.276 e. The number of halogens is 1. The molecule has 0 aliphatic carbocycles. The molecule has 0 saturated heterocycles. The first kappa shape index (κ1) is 30.5. The highest BCUT2D eigenvalue weighted by molar-refractivity contribution is 6.31. The highest BCUT2D eigenvalue weighted by Crippen LogP contribution is 2.26. The Morgan fingerprint density at radius 2 is 1.77 bits per heavy atom. The number of aromatic nitrogens is 1. The van der Waals surface area contributed by atoms with Gasteiger partial charge in [-0.05, 0) is 56.2 Å². The molecule has 39 heavy (non-hydrogen) atoms. The van der Waals surface area contributed by atoms with Crippen molar-refractivity contribution in [3.05, 3.63) is 46.3 Å². The second-order valence-electron chi connectivity index (χ2n) is 10.5. The minimum atomic E-state index is -0.646. The molecule has 2 heterocycles. The van der Waals surface area contributed by atoms with E-state index in [-0.39, 0.29) is 23.6 Å². The number of fused-ring (bicyclic) bond motifs is 1. The zero-order valence-electron chi connectivity index (χ0n) is 23.7. The third-order valence-corrected chi connectivity index (χ3v) is 7.22. The third-order valence-electron chi connectivity index (χ3n) is 6.98. The number of carbonyl (C=O) groups excluding carboxylic acids is 3. The van der Waals surface area contributed by atoms with Crippen molar-refractivity contribution in [2.45, 2.75) is 65.3 Å². The van der Waals surface area contributed by atoms with Gasteiger partial charge in [-0.2, -0.15) is 0 Å². The zero-order valence-corrected chi connectivity index (χ0v) is 24.5. The second kappa shape index (κ2) is 14.4. The number of rotatable bonds is 4. The van der Waals surface area contributed by atoms with Crippen molar-refractivity contribution in [1.82, 2.24) is 19.9 Å². The third kappa shape index (κ3) is 7.97. The lowest BCUT2D eigenvalue weighted by Gasteiger charge is -2.33. The van der Waals surface area contributed by atoms with Gasteiger partial charge in [0.1, 0.15) is 17.6 Å². The van der Waals surface area contributed by atoms with Crippen LogP contribution < -0.4 is 4.74 Å². The monoisotopic (exact) mass is 560 g/mol. The lowest BCUT2D eigenvalue weighted by molar-refractivity contribution is -0.136. The lowest BCUT2D eigenvalue weighted by atomic mass is 10.00. The fourth-order valence-corrected chi connectivity index (χ4v) is 5.01. The fourth-order valence-electron chi connectivity index (χ4n) is 4.84. The first-order chi connectivity index (χ1) is 18.6. The van der Waals surface area contributed by atoms with Gasteiger partial charge in [0.15, 0.2) is 5.69 Å². The predicted octanol–water partition coefficient (Wildman–Crippen LogP) is 4.93. The summed E-state index contributed by atoms with van der Waals surface area (Å²) in [7, 11) is 3.41. The first-order valence-corrected chi connectivity index (χ1v) is 14.2. The minimum absolute atomic E-state index is 0.104. The van der Waals surface area contributed by atoms with Gasteiger partial charge < -0.3 is 24.0 Å². The average molecular weight is 561 g/mol. The van der Waals surface area contributed by atoms with Crippen LogP contribution in [-0.2, 0) is 11.2 Å². The van der Waals surface area contributed by atoms with Crippen molar-refractivity contribution in [2.75, 3.05) is 40.3 Å². The van der Waals surface area contributed by atoms with Crippen LogP contribution in [0.25, 0.3) is 0 Å². The zero-order chi connectivity index (χ0) is 28.5. The maximum Gasteiger partial charge on any atom is 0.276 e. The van der Waals surface area contributed by atoms with E-state index in [2.05, 4.69) is 5.16 Å². The Kier molecular flexibility index (Phi) is 11.2. The van der Waals surface area contributed by atoms with Gasteiger partial charge in [-0.25, -0.2) is 0 Å². The molecule has 1 aliphatic rings. The Morgan fingerprint density at radius 3 is 2.46 bits per heavy atom. The van der Waals surface area contributed by atoms with Crippen LogP contribution in [0, 0.1) is 5.92 Å². The molecule has 0 bridgehead atoms. The Bertz CT molecular complexity index is 1130. The van der Waals surface area contributed by atoms with Crippen molar-refractivity contribution in [3.63, 3.8) is 0 Å². The Balaban J connectivity index is 1.83. The summed E-state index contributed by atoms with van der Waals surface area (Å²) in [5.74, 6) is 0.419. The van der Waals surface area contributed by atoms with E-state index < -0.39 is 6.04 Å². The van der Waals surface area contributed by atoms with Gasteiger partial charge in [0, 0.05) is 51.2 Å². The number of carbonyl (C=O) groups is 3. The number of amides is 3. The first-order valence-electron chi connectivity index (χ1n) is 13.8. The summed E-state index contributed by atoms with van der Waals surface area (Å²) in [4.78, 5) is 45.3. The van der Waals surface area contributed by atoms with E-state index >= 15 is 0 Å². The topological polar surface area (TPSA) is 96.2 Å². The van der Waals surface area contributed by atoms with Gasteiger partial charge in [0.2, 0.25) is 5.91 Å². The molecule has 0 radical (unpaired) electrons. The van der Waals surface area contributed by atoms with E-state index in [1.54, 1.807) is 48.2 Å². The molecule has 1 aromatic carbocycles. The van der Waals surface area contributed by atoms with Crippen molar-refractivity contribution in [3.8, 4) is 5.75 Å². The van der Waals surface area contributed by atoms with E-state index in [1.165, 1.54) is 4.90 Å². The van der Waals surface area contributed by atoms with Crippen LogP contribution in [0.15, 0.2) is 28.8 Å². The summed E-state index contributed by atoms with van der Waals surface area (Å²) in [6, 6.07) is 6.03. The van der Waals surface area contributed by atoms with Crippen molar-refractivity contribution >= 4 is 29.3 Å². The minimum Gasteiger partial charge on any atom is -0.493 e. The molecule has 9 nitrogen and oxygen atoms in total. The number of ether oxygens (including phenoxy) is 1. The standard InChI is InChI=1S/C29H41ClN4O5/c1-6-11-22-19-24(31-39-22)28(36)34-15-8-7-14-32(4)29(37)26(20(2)3)33(5)27(35)23-18-21(30)12-13-25(23)38-17-10-9-16-34/h12-13,18-20,26H,6-11,14-17H2,1-5H3/t26-/m0/s1. The summed E-state index contributed by atoms with van der Waals surface area (Å²) < 4.78 is 11.3. The maximum absolute atomic E-state index is 13.6. The highest BCUT2D eigenvalue weighted by atomic mass is 35.5. The Labute approximate surface area is 236 Å². The summed E-state index contributed by atoms with van der Waals surface area (Å²) in [5, 5.41) is 4.42. The van der Waals surface area contributed by atoms with Crippen LogP contribution in [0.5, 0.6) is 5.75 Å². The molecule has 1 atom stereocenters. The molecule has 0 N–H and O–H groups in total. The molecule has 2 aromatic rings. The molecule has 214 valence electrons. The SMILES string of the molecule is CCCc1cc(C(=O)N2CCCCOc3ccc(Cl)cc3C(=O)N(C)[C@@H](C(C)C)C(=O)N(C)CCCC2)no1. The number of nitrogens with zero attached hydrogens (tertiary/aromatic N) is 4. The lowest BCUT2D eigenvalue weighted by Crippen LogP contribution is -2.51. The molecular formula is C29H41ClN4O5. The molecule has 0 spiro atoms. The largest absolute Gasteiger partial charge is 0.493 e. The van der Waals surface area contributed by atoms with Crippen LogP contribution in [0.4, 0.5) is 0 Å². The molecule has 3 rings (SSSR count). The molecule has 1 aliphatic heterocycles. The van der Waals surface area contributed by atoms with E-state index in [0.29, 0.717) is 60.5 Å². The van der Waals surface area contributed by atoms with Crippen LogP contribution >= 0.6 is 11.6 Å². The van der Waals surface area contributed by atoms with Crippen LogP contribution in [0.3, 0.4) is 0 Å². The molecule has 10 heteroatoms. The van der Waals surface area contributed by atoms with Crippen molar-refractivity contribution in [1.29, 1.82) is 0 Å². The normalized spacial score (nSPS) is 18.6. The van der Waals surface area contributed by atoms with Crippen LogP contribution in [0.2, 0.25) is 5.02 Å². The number of hydrogen-bond donors (Lipinski definition) is 0. The van der Waals surface area contributed by atoms with Crippen LogP contribution in [0.1, 0.15) is 79.5 Å². The Morgan fingerprint density at radius 1 is 1.08 bits per heavy atom. The molecule has 3 amide bonds. The number of likely N-dealkylation sites (N-methyl/N-ethyl adjacent to an activating group) is 2. The highest BCUT2D eigenvalue weighted by Gasteiger charge is 2.33. The molecule has 0 unspecified atom stereocenters. The van der Waals surface area contributed by atoms with E-state index in [1.807, 2.05) is 20.8 Å². The molecule has 1 aromatic heterocycles. The van der Waals surface area contributed by atoms with Crippen molar-refractivity contribution in [2.24, 2.45) is 5.92 Å². The summed E-state index contributed by atoms with van der Waals surface area (Å²) in [6.07, 6.45) is 4.50. The second-order valence-corrected chi connectivity index (χ2v) is 10.9. The predicted molar refractivity (Wildman–Crippen MR) is 150 cm³/mol. The van der Waals surface area contributed by atoms with Gasteiger partial charge in [0.25, 0.3) is 11.8 Å². The summed E-state index contributed by atoms with van der Waals surface area (Å²) in [5.41, 5.74) is 0.640. The van der Waals surface area contributed by atoms with Gasteiger partial charge in [-0.3, -0.25) is 14.4 Å². The van der Waals surface area contributed by atoms with E-state index in [4.69, 9.17) is 20.9 Å². The van der Waals surface area contributed by atoms with E-state index in [0.717, 1.165) is 32.1 Å². The molecular weight excluding hydrogens is 520 g/mol. The number of benzene rings is 1. The number of aryl methyl sites for hydroxylation is 1. The molecule has 0 saturated carbocycles. The summed E-state index contributed by atoms with van der Waals surface area (Å²) >= 11 is 6.24. The summed E-state index contributed by atoms with van der Waals surface area (Å²) in [6.45, 7) is 7.87. The van der Waals surface area contributed by atoms with Crippen LogP contribution in [-0.4, -0.2) is 84.0 Å².